The van der Waals surface area contributed by atoms with Crippen molar-refractivity contribution in [2.75, 3.05) is 5.75 Å². The number of benzene rings is 1. The number of carbonyl (C=O) groups is 1. The molecule has 0 saturated heterocycles. The molecule has 2 rings (SSSR count). The molecule has 2 aromatic rings. The molecule has 0 radical (unpaired) electrons. The summed E-state index contributed by atoms with van der Waals surface area (Å²) in [6.45, 7) is 0.0443. The summed E-state index contributed by atoms with van der Waals surface area (Å²) in [4.78, 5) is 22.4. The monoisotopic (exact) mass is 310 g/mol. The van der Waals surface area contributed by atoms with Crippen LogP contribution in [0.25, 0.3) is 0 Å². The van der Waals surface area contributed by atoms with Crippen molar-refractivity contribution in [3.05, 3.63) is 52.7 Å². The van der Waals surface area contributed by atoms with Gasteiger partial charge in [-0.2, -0.15) is 0 Å². The predicted octanol–water partition coefficient (Wildman–Crippen LogP) is 0.359. The van der Waals surface area contributed by atoms with Crippen LogP contribution in [0, 0.1) is 0 Å². The fourth-order valence-corrected chi connectivity index (χ4v) is 3.05. The summed E-state index contributed by atoms with van der Waals surface area (Å²) in [5.41, 5.74) is -0.264. The number of hydrogen-bond donors (Lipinski definition) is 1. The SMILES string of the molecule is Cn1ccn(CCS(=O)(=O)c2ccc(C(=O)O)cc2)c1=O. The molecule has 7 nitrogen and oxygen atoms in total. The van der Waals surface area contributed by atoms with E-state index in [0.717, 1.165) is 0 Å². The third kappa shape index (κ3) is 3.22. The summed E-state index contributed by atoms with van der Waals surface area (Å²) < 4.78 is 26.9. The molecular weight excluding hydrogens is 296 g/mol. The average molecular weight is 310 g/mol. The summed E-state index contributed by atoms with van der Waals surface area (Å²) in [5.74, 6) is -1.35. The smallest absolute Gasteiger partial charge is 0.335 e. The molecule has 112 valence electrons. The van der Waals surface area contributed by atoms with Gasteiger partial charge in [-0.25, -0.2) is 18.0 Å². The first-order chi connectivity index (χ1) is 9.81. The molecule has 1 N–H and O–H groups in total. The maximum absolute atomic E-state index is 12.1. The van der Waals surface area contributed by atoms with Gasteiger partial charge in [0.2, 0.25) is 0 Å². The Labute approximate surface area is 121 Å². The zero-order chi connectivity index (χ0) is 15.6. The number of carboxylic acid groups (broad SMARTS) is 1. The lowest BCUT2D eigenvalue weighted by molar-refractivity contribution is 0.0696. The van der Waals surface area contributed by atoms with Crippen LogP contribution in [-0.2, 0) is 23.4 Å². The minimum atomic E-state index is -3.57. The third-order valence-electron chi connectivity index (χ3n) is 3.08. The minimum Gasteiger partial charge on any atom is -0.478 e. The summed E-state index contributed by atoms with van der Waals surface area (Å²) in [6.07, 6.45) is 3.07. The number of imidazole rings is 1. The third-order valence-corrected chi connectivity index (χ3v) is 4.79. The van der Waals surface area contributed by atoms with Crippen LogP contribution >= 0.6 is 0 Å². The lowest BCUT2D eigenvalue weighted by Gasteiger charge is -2.05. The molecule has 0 aliphatic carbocycles. The Balaban J connectivity index is 2.16. The highest BCUT2D eigenvalue weighted by Gasteiger charge is 2.16. The van der Waals surface area contributed by atoms with Gasteiger partial charge in [0.1, 0.15) is 0 Å². The van der Waals surface area contributed by atoms with E-state index < -0.39 is 15.8 Å². The number of hydrogen-bond acceptors (Lipinski definition) is 4. The zero-order valence-electron chi connectivity index (χ0n) is 11.3. The molecule has 1 heterocycles. The van der Waals surface area contributed by atoms with Crippen molar-refractivity contribution in [3.8, 4) is 0 Å². The molecule has 1 aromatic carbocycles. The highest BCUT2D eigenvalue weighted by molar-refractivity contribution is 7.91. The van der Waals surface area contributed by atoms with Gasteiger partial charge >= 0.3 is 11.7 Å². The van der Waals surface area contributed by atoms with E-state index in [0.29, 0.717) is 0 Å². The molecule has 0 amide bonds. The second-order valence-electron chi connectivity index (χ2n) is 4.53. The van der Waals surface area contributed by atoms with Crippen molar-refractivity contribution in [1.82, 2.24) is 9.13 Å². The minimum absolute atomic E-state index is 0.0215. The Morgan fingerprint density at radius 1 is 1.19 bits per heavy atom. The standard InChI is InChI=1S/C13H14N2O5S/c1-14-6-7-15(13(14)18)8-9-21(19,20)11-4-2-10(3-5-11)12(16)17/h2-7H,8-9H2,1H3,(H,16,17). The van der Waals surface area contributed by atoms with E-state index in [4.69, 9.17) is 5.11 Å². The molecule has 21 heavy (non-hydrogen) atoms. The average Bonchev–Trinajstić information content (AvgIpc) is 2.77. The van der Waals surface area contributed by atoms with Crippen LogP contribution in [0.3, 0.4) is 0 Å². The lowest BCUT2D eigenvalue weighted by atomic mass is 10.2. The molecule has 0 atom stereocenters. The highest BCUT2D eigenvalue weighted by atomic mass is 32.2. The van der Waals surface area contributed by atoms with Crippen LogP contribution in [0.2, 0.25) is 0 Å². The van der Waals surface area contributed by atoms with Gasteiger partial charge in [0.15, 0.2) is 9.84 Å². The van der Waals surface area contributed by atoms with Crippen molar-refractivity contribution in [1.29, 1.82) is 0 Å². The second-order valence-corrected chi connectivity index (χ2v) is 6.64. The molecule has 0 bridgehead atoms. The van der Waals surface area contributed by atoms with Crippen LogP contribution < -0.4 is 5.69 Å². The van der Waals surface area contributed by atoms with E-state index in [9.17, 15) is 18.0 Å². The van der Waals surface area contributed by atoms with Gasteiger partial charge in [0.25, 0.3) is 0 Å². The molecule has 0 spiro atoms. The van der Waals surface area contributed by atoms with Crippen molar-refractivity contribution in [3.63, 3.8) is 0 Å². The van der Waals surface area contributed by atoms with Crippen molar-refractivity contribution < 1.29 is 18.3 Å². The highest BCUT2D eigenvalue weighted by Crippen LogP contribution is 2.13. The molecule has 0 aliphatic rings. The lowest BCUT2D eigenvalue weighted by Crippen LogP contribution is -2.25. The maximum Gasteiger partial charge on any atom is 0.335 e. The zero-order valence-corrected chi connectivity index (χ0v) is 12.1. The number of sulfone groups is 1. The first-order valence-corrected chi connectivity index (χ1v) is 7.74. The van der Waals surface area contributed by atoms with Crippen LogP contribution in [0.4, 0.5) is 0 Å². The van der Waals surface area contributed by atoms with Crippen LogP contribution in [0.15, 0.2) is 46.3 Å². The molecule has 0 aliphatic heterocycles. The summed E-state index contributed by atoms with van der Waals surface area (Å²) in [6, 6.07) is 4.99. The number of nitrogens with zero attached hydrogens (tertiary/aromatic N) is 2. The van der Waals surface area contributed by atoms with E-state index in [-0.39, 0.29) is 28.4 Å². The molecule has 0 unspecified atom stereocenters. The Bertz CT molecular complexity index is 815. The van der Waals surface area contributed by atoms with Gasteiger partial charge in [-0.1, -0.05) is 0 Å². The van der Waals surface area contributed by atoms with E-state index >= 15 is 0 Å². The first kappa shape index (κ1) is 15.0. The molecule has 0 saturated carbocycles. The van der Waals surface area contributed by atoms with E-state index in [1.807, 2.05) is 0 Å². The van der Waals surface area contributed by atoms with Crippen molar-refractivity contribution in [2.45, 2.75) is 11.4 Å². The van der Waals surface area contributed by atoms with Gasteiger partial charge in [-0.3, -0.25) is 4.57 Å². The first-order valence-electron chi connectivity index (χ1n) is 6.09. The fraction of sp³-hybridized carbons (Fsp3) is 0.231. The van der Waals surface area contributed by atoms with E-state index in [1.54, 1.807) is 13.2 Å². The van der Waals surface area contributed by atoms with Crippen molar-refractivity contribution >= 4 is 15.8 Å². The van der Waals surface area contributed by atoms with Gasteiger partial charge in [-0.15, -0.1) is 0 Å². The molecule has 1 aromatic heterocycles. The molecular formula is C13H14N2O5S. The van der Waals surface area contributed by atoms with Crippen LogP contribution in [0.5, 0.6) is 0 Å². The van der Waals surface area contributed by atoms with Gasteiger partial charge in [-0.05, 0) is 24.3 Å². The number of aromatic nitrogens is 2. The largest absolute Gasteiger partial charge is 0.478 e. The topological polar surface area (TPSA) is 98.4 Å². The van der Waals surface area contributed by atoms with Gasteiger partial charge in [0.05, 0.1) is 16.2 Å². The fourth-order valence-electron chi connectivity index (χ4n) is 1.82. The number of carboxylic acids is 1. The van der Waals surface area contributed by atoms with E-state index in [2.05, 4.69) is 0 Å². The number of aromatic carboxylic acids is 1. The number of aryl methyl sites for hydroxylation is 2. The Hall–Kier alpha value is -2.35. The van der Waals surface area contributed by atoms with Gasteiger partial charge in [0, 0.05) is 26.0 Å². The molecule has 0 fully saturated rings. The summed E-state index contributed by atoms with van der Waals surface area (Å²) in [5, 5.41) is 8.77. The normalized spacial score (nSPS) is 11.5. The predicted molar refractivity (Wildman–Crippen MR) is 75.1 cm³/mol. The Kier molecular flexibility index (Phi) is 3.99. The van der Waals surface area contributed by atoms with Crippen molar-refractivity contribution in [2.24, 2.45) is 7.05 Å². The Morgan fingerprint density at radius 2 is 1.81 bits per heavy atom. The van der Waals surface area contributed by atoms with Gasteiger partial charge < -0.3 is 9.67 Å². The Morgan fingerprint density at radius 3 is 2.29 bits per heavy atom. The molecule has 8 heteroatoms. The number of rotatable bonds is 5. The second kappa shape index (κ2) is 5.57. The summed E-state index contributed by atoms with van der Waals surface area (Å²) >= 11 is 0. The summed E-state index contributed by atoms with van der Waals surface area (Å²) in [7, 11) is -1.99. The quantitative estimate of drug-likeness (QED) is 0.859. The van der Waals surface area contributed by atoms with Crippen LogP contribution in [0.1, 0.15) is 10.4 Å². The van der Waals surface area contributed by atoms with E-state index in [1.165, 1.54) is 39.6 Å². The van der Waals surface area contributed by atoms with Crippen LogP contribution in [-0.4, -0.2) is 34.4 Å². The maximum atomic E-state index is 12.1.